The Labute approximate surface area is 176 Å². The zero-order chi connectivity index (χ0) is 22.7. The highest BCUT2D eigenvalue weighted by molar-refractivity contribution is 6.02. The molecule has 0 saturated carbocycles. The molecule has 0 spiro atoms. The number of esters is 3. The normalized spacial score (nSPS) is 28.3. The summed E-state index contributed by atoms with van der Waals surface area (Å²) in [6.45, 7) is 10.2. The van der Waals surface area contributed by atoms with E-state index in [9.17, 15) is 19.2 Å². The zero-order valence-electron chi connectivity index (χ0n) is 18.1. The molecule has 0 saturated heterocycles. The largest absolute Gasteiger partial charge is 0.458 e. The van der Waals surface area contributed by atoms with Crippen LogP contribution in [0.2, 0.25) is 0 Å². The van der Waals surface area contributed by atoms with E-state index in [1.165, 1.54) is 26.0 Å². The minimum atomic E-state index is -1.76. The fourth-order valence-corrected chi connectivity index (χ4v) is 3.31. The number of rotatable bonds is 2. The molecule has 164 valence electrons. The number of nitrogens with zero attached hydrogens (tertiary/aromatic N) is 1. The maximum absolute atomic E-state index is 13.0. The topological polar surface area (TPSA) is 99.2 Å². The molecule has 8 heteroatoms. The molecule has 2 unspecified atom stereocenters. The Morgan fingerprint density at radius 3 is 2.57 bits per heavy atom. The van der Waals surface area contributed by atoms with Gasteiger partial charge in [0.1, 0.15) is 6.61 Å². The van der Waals surface area contributed by atoms with Gasteiger partial charge >= 0.3 is 17.9 Å². The van der Waals surface area contributed by atoms with Crippen molar-refractivity contribution in [2.45, 2.75) is 45.8 Å². The van der Waals surface area contributed by atoms with E-state index < -0.39 is 40.8 Å². The summed E-state index contributed by atoms with van der Waals surface area (Å²) < 4.78 is 16.3. The Morgan fingerprint density at radius 2 is 1.97 bits per heavy atom. The molecule has 2 heterocycles. The van der Waals surface area contributed by atoms with Gasteiger partial charge in [0.05, 0.1) is 5.57 Å². The Bertz CT molecular complexity index is 823. The minimum absolute atomic E-state index is 0.0560. The number of carbonyl (C=O) groups is 4. The Balaban J connectivity index is 2.62. The van der Waals surface area contributed by atoms with E-state index in [1.54, 1.807) is 19.9 Å². The summed E-state index contributed by atoms with van der Waals surface area (Å²) in [6.07, 6.45) is 3.69. The molecule has 2 rings (SSSR count). The van der Waals surface area contributed by atoms with Crippen LogP contribution < -0.4 is 0 Å². The van der Waals surface area contributed by atoms with Crippen molar-refractivity contribution >= 4 is 23.7 Å². The van der Waals surface area contributed by atoms with E-state index >= 15 is 0 Å². The number of cyclic esters (lactones) is 1. The van der Waals surface area contributed by atoms with Gasteiger partial charge < -0.3 is 19.1 Å². The number of hydrogen-bond donors (Lipinski definition) is 0. The van der Waals surface area contributed by atoms with Crippen molar-refractivity contribution in [2.75, 3.05) is 26.7 Å². The highest BCUT2D eigenvalue weighted by atomic mass is 16.6. The Morgan fingerprint density at radius 1 is 1.30 bits per heavy atom. The van der Waals surface area contributed by atoms with Crippen LogP contribution in [0.4, 0.5) is 0 Å². The second kappa shape index (κ2) is 8.95. The lowest BCUT2D eigenvalue weighted by Crippen LogP contribution is -2.53. The summed E-state index contributed by atoms with van der Waals surface area (Å²) in [5.74, 6) is -2.66. The Hall–Kier alpha value is -2.74. The van der Waals surface area contributed by atoms with Crippen LogP contribution in [-0.4, -0.2) is 67.0 Å². The predicted octanol–water partition coefficient (Wildman–Crippen LogP) is 1.75. The quantitative estimate of drug-likeness (QED) is 0.493. The molecule has 2 atom stereocenters. The van der Waals surface area contributed by atoms with Crippen molar-refractivity contribution < 1.29 is 33.4 Å². The van der Waals surface area contributed by atoms with Gasteiger partial charge in [0.25, 0.3) is 0 Å². The summed E-state index contributed by atoms with van der Waals surface area (Å²) >= 11 is 0. The van der Waals surface area contributed by atoms with E-state index in [0.29, 0.717) is 19.5 Å². The van der Waals surface area contributed by atoms with Gasteiger partial charge in [-0.2, -0.15) is 0 Å². The molecule has 0 aromatic heterocycles. The summed E-state index contributed by atoms with van der Waals surface area (Å²) in [5.41, 5.74) is -2.63. The molecule has 0 amide bonds. The van der Waals surface area contributed by atoms with Crippen LogP contribution in [0.15, 0.2) is 36.0 Å². The first-order chi connectivity index (χ1) is 13.9. The molecule has 0 N–H and O–H groups in total. The van der Waals surface area contributed by atoms with Crippen LogP contribution in [0.5, 0.6) is 0 Å². The molecule has 0 fully saturated rings. The van der Waals surface area contributed by atoms with E-state index in [2.05, 4.69) is 6.58 Å². The maximum Gasteiger partial charge on any atom is 0.351 e. The number of likely N-dealkylation sites (N-methyl/N-ethyl adjacent to an activating group) is 1. The SMILES string of the molecule is C=CC1=CC(C)(C)C(C)(OC(C)=O)C(=O)OCC2=CCN(C)CCC(OC1=O)C2=O. The van der Waals surface area contributed by atoms with Crippen LogP contribution in [0.25, 0.3) is 0 Å². The van der Waals surface area contributed by atoms with Gasteiger partial charge in [0.2, 0.25) is 11.4 Å². The number of fused-ring (bicyclic) bond motifs is 2. The number of ketones is 1. The molecule has 0 aromatic rings. The average Bonchev–Trinajstić information content (AvgIpc) is 2.66. The lowest BCUT2D eigenvalue weighted by atomic mass is 9.74. The van der Waals surface area contributed by atoms with Crippen molar-refractivity contribution in [1.29, 1.82) is 0 Å². The summed E-state index contributed by atoms with van der Waals surface area (Å²) in [6, 6.07) is 0. The fraction of sp³-hybridized carbons (Fsp3) is 0.545. The summed E-state index contributed by atoms with van der Waals surface area (Å²) in [5, 5.41) is 0. The van der Waals surface area contributed by atoms with E-state index in [-0.39, 0.29) is 17.8 Å². The molecule has 0 aliphatic carbocycles. The highest BCUT2D eigenvalue weighted by Gasteiger charge is 2.51. The third-order valence-electron chi connectivity index (χ3n) is 5.58. The highest BCUT2D eigenvalue weighted by Crippen LogP contribution is 2.38. The van der Waals surface area contributed by atoms with Crippen molar-refractivity contribution in [1.82, 2.24) is 4.90 Å². The molecule has 0 aromatic carbocycles. The fourth-order valence-electron chi connectivity index (χ4n) is 3.31. The van der Waals surface area contributed by atoms with Crippen molar-refractivity contribution in [2.24, 2.45) is 5.41 Å². The van der Waals surface area contributed by atoms with Crippen LogP contribution >= 0.6 is 0 Å². The predicted molar refractivity (Wildman–Crippen MR) is 108 cm³/mol. The van der Waals surface area contributed by atoms with Gasteiger partial charge in [0.15, 0.2) is 6.10 Å². The number of hydrogen-bond acceptors (Lipinski definition) is 8. The second-order valence-electron chi connectivity index (χ2n) is 8.27. The smallest absolute Gasteiger partial charge is 0.351 e. The molecule has 30 heavy (non-hydrogen) atoms. The van der Waals surface area contributed by atoms with Crippen LogP contribution in [0.3, 0.4) is 0 Å². The van der Waals surface area contributed by atoms with Crippen LogP contribution in [0, 0.1) is 5.41 Å². The van der Waals surface area contributed by atoms with Gasteiger partial charge in [-0.15, -0.1) is 0 Å². The second-order valence-corrected chi connectivity index (χ2v) is 8.27. The van der Waals surface area contributed by atoms with E-state index in [4.69, 9.17) is 14.2 Å². The standard InChI is InChI=1S/C22H29NO7/c1-7-15-12-21(3,4)22(5,30-14(2)24)20(27)28-13-16-8-10-23(6)11-9-17(18(16)25)29-19(15)26/h7-8,12,17H,1,9-11,13H2,2-6H3. The third-order valence-corrected chi connectivity index (χ3v) is 5.58. The molecular formula is C22H29NO7. The number of Topliss-reactive ketones (excluding diaryl/α,β-unsaturated/α-hetero) is 1. The summed E-state index contributed by atoms with van der Waals surface area (Å²) in [7, 11) is 1.87. The zero-order valence-corrected chi connectivity index (χ0v) is 18.1. The maximum atomic E-state index is 13.0. The average molecular weight is 419 g/mol. The lowest BCUT2D eigenvalue weighted by molar-refractivity contribution is -0.190. The number of carbonyl (C=O) groups excluding carboxylic acids is 4. The van der Waals surface area contributed by atoms with Crippen LogP contribution in [0.1, 0.15) is 34.1 Å². The van der Waals surface area contributed by atoms with Crippen molar-refractivity contribution in [3.05, 3.63) is 36.0 Å². The molecular weight excluding hydrogens is 390 g/mol. The third kappa shape index (κ3) is 4.87. The lowest BCUT2D eigenvalue weighted by Gasteiger charge is -2.39. The van der Waals surface area contributed by atoms with Crippen molar-refractivity contribution in [3.8, 4) is 0 Å². The van der Waals surface area contributed by atoms with E-state index in [0.717, 1.165) is 0 Å². The first-order valence-electron chi connectivity index (χ1n) is 9.76. The first-order valence-corrected chi connectivity index (χ1v) is 9.76. The van der Waals surface area contributed by atoms with Gasteiger partial charge in [-0.25, -0.2) is 9.59 Å². The monoisotopic (exact) mass is 419 g/mol. The van der Waals surface area contributed by atoms with E-state index in [1.807, 2.05) is 11.9 Å². The molecule has 0 radical (unpaired) electrons. The van der Waals surface area contributed by atoms with Gasteiger partial charge in [-0.3, -0.25) is 9.59 Å². The van der Waals surface area contributed by atoms with Gasteiger partial charge in [-0.1, -0.05) is 38.7 Å². The molecule has 8 nitrogen and oxygen atoms in total. The number of ether oxygens (including phenoxy) is 3. The minimum Gasteiger partial charge on any atom is -0.458 e. The first kappa shape index (κ1) is 23.5. The van der Waals surface area contributed by atoms with Crippen molar-refractivity contribution in [3.63, 3.8) is 0 Å². The van der Waals surface area contributed by atoms with Gasteiger partial charge in [-0.05, 0) is 14.0 Å². The van der Waals surface area contributed by atoms with Crippen LogP contribution in [-0.2, 0) is 33.4 Å². The summed E-state index contributed by atoms with van der Waals surface area (Å²) in [4.78, 5) is 52.5. The molecule has 2 aliphatic heterocycles. The Kier molecular flexibility index (Phi) is 7.02. The molecule has 2 aliphatic rings. The molecule has 2 bridgehead atoms. The van der Waals surface area contributed by atoms with Gasteiger partial charge in [0, 0.05) is 37.4 Å².